The van der Waals surface area contributed by atoms with E-state index in [4.69, 9.17) is 23.2 Å². The molecule has 3 nitrogen and oxygen atoms in total. The predicted molar refractivity (Wildman–Crippen MR) is 78.6 cm³/mol. The first-order valence-corrected chi connectivity index (χ1v) is 6.90. The number of hydrogen-bond acceptors (Lipinski definition) is 3. The zero-order valence-corrected chi connectivity index (χ0v) is 12.1. The minimum atomic E-state index is 0.0298. The molecule has 1 heterocycles. The number of nitrogens with one attached hydrogen (secondary N) is 1. The highest BCUT2D eigenvalue weighted by molar-refractivity contribution is 6.33. The van der Waals surface area contributed by atoms with E-state index in [0.29, 0.717) is 16.5 Å². The van der Waals surface area contributed by atoms with Crippen molar-refractivity contribution in [3.8, 4) is 0 Å². The van der Waals surface area contributed by atoms with Gasteiger partial charge in [-0.1, -0.05) is 30.1 Å². The van der Waals surface area contributed by atoms with Crippen molar-refractivity contribution in [1.82, 2.24) is 15.3 Å². The van der Waals surface area contributed by atoms with E-state index in [9.17, 15) is 0 Å². The summed E-state index contributed by atoms with van der Waals surface area (Å²) in [7, 11) is 0. The minimum absolute atomic E-state index is 0.0298. The van der Waals surface area contributed by atoms with E-state index in [-0.39, 0.29) is 6.04 Å². The topological polar surface area (TPSA) is 37.8 Å². The standard InChI is InChI=1S/C14H15Cl2N3/c1-2-17-13(14-18-6-3-7-19-14)9-10-8-11(15)4-5-12(10)16/h3-8,13,17H,2,9H2,1H3. The van der Waals surface area contributed by atoms with Gasteiger partial charge in [0, 0.05) is 22.4 Å². The Hall–Kier alpha value is -1.16. The molecule has 0 bridgehead atoms. The van der Waals surface area contributed by atoms with Crippen molar-refractivity contribution in [1.29, 1.82) is 0 Å². The highest BCUT2D eigenvalue weighted by Gasteiger charge is 2.15. The lowest BCUT2D eigenvalue weighted by Crippen LogP contribution is -2.25. The molecular weight excluding hydrogens is 281 g/mol. The minimum Gasteiger partial charge on any atom is -0.307 e. The number of hydrogen-bond donors (Lipinski definition) is 1. The second-order valence-corrected chi connectivity index (χ2v) is 5.00. The lowest BCUT2D eigenvalue weighted by Gasteiger charge is -2.17. The van der Waals surface area contributed by atoms with Crippen LogP contribution in [0.25, 0.3) is 0 Å². The van der Waals surface area contributed by atoms with Crippen LogP contribution < -0.4 is 5.32 Å². The van der Waals surface area contributed by atoms with Gasteiger partial charge in [0.2, 0.25) is 0 Å². The molecule has 2 aromatic rings. The lowest BCUT2D eigenvalue weighted by atomic mass is 10.1. The molecule has 0 aliphatic heterocycles. The number of halogens is 2. The van der Waals surface area contributed by atoms with Crippen LogP contribution in [0.4, 0.5) is 0 Å². The third-order valence-corrected chi connectivity index (χ3v) is 3.38. The predicted octanol–water partition coefficient (Wildman–Crippen LogP) is 3.68. The Bertz CT molecular complexity index is 531. The zero-order chi connectivity index (χ0) is 13.7. The summed E-state index contributed by atoms with van der Waals surface area (Å²) in [5.74, 6) is 0.764. The van der Waals surface area contributed by atoms with Crippen molar-refractivity contribution in [3.05, 3.63) is 58.1 Å². The molecule has 1 atom stereocenters. The van der Waals surface area contributed by atoms with Crippen LogP contribution in [0, 0.1) is 0 Å². The summed E-state index contributed by atoms with van der Waals surface area (Å²) in [6.45, 7) is 2.89. The van der Waals surface area contributed by atoms with Crippen LogP contribution in [-0.2, 0) is 6.42 Å². The molecule has 0 radical (unpaired) electrons. The molecule has 1 unspecified atom stereocenters. The monoisotopic (exact) mass is 295 g/mol. The fourth-order valence-electron chi connectivity index (χ4n) is 1.91. The largest absolute Gasteiger partial charge is 0.307 e. The van der Waals surface area contributed by atoms with E-state index >= 15 is 0 Å². The van der Waals surface area contributed by atoms with Crippen molar-refractivity contribution in [2.24, 2.45) is 0 Å². The van der Waals surface area contributed by atoms with E-state index in [1.807, 2.05) is 12.1 Å². The van der Waals surface area contributed by atoms with Gasteiger partial charge in [-0.15, -0.1) is 0 Å². The third kappa shape index (κ3) is 3.90. The molecule has 19 heavy (non-hydrogen) atoms. The second-order valence-electron chi connectivity index (χ2n) is 4.16. The maximum absolute atomic E-state index is 6.20. The highest BCUT2D eigenvalue weighted by atomic mass is 35.5. The number of nitrogens with zero attached hydrogens (tertiary/aromatic N) is 2. The fourth-order valence-corrected chi connectivity index (χ4v) is 2.30. The van der Waals surface area contributed by atoms with Crippen LogP contribution in [0.1, 0.15) is 24.4 Å². The van der Waals surface area contributed by atoms with Gasteiger partial charge in [0.25, 0.3) is 0 Å². The smallest absolute Gasteiger partial charge is 0.145 e. The Labute approximate surface area is 123 Å². The Balaban J connectivity index is 2.24. The summed E-state index contributed by atoms with van der Waals surface area (Å²) < 4.78 is 0. The van der Waals surface area contributed by atoms with Crippen molar-refractivity contribution in [3.63, 3.8) is 0 Å². The summed E-state index contributed by atoms with van der Waals surface area (Å²) in [5.41, 5.74) is 0.993. The third-order valence-electron chi connectivity index (χ3n) is 2.78. The van der Waals surface area contributed by atoms with Crippen LogP contribution in [0.15, 0.2) is 36.7 Å². The van der Waals surface area contributed by atoms with Gasteiger partial charge >= 0.3 is 0 Å². The fraction of sp³-hybridized carbons (Fsp3) is 0.286. The normalized spacial score (nSPS) is 12.4. The van der Waals surface area contributed by atoms with Crippen LogP contribution in [0.3, 0.4) is 0 Å². The first kappa shape index (κ1) is 14.3. The Morgan fingerprint density at radius 2 is 1.95 bits per heavy atom. The summed E-state index contributed by atoms with van der Waals surface area (Å²) in [4.78, 5) is 8.59. The molecular formula is C14H15Cl2N3. The maximum atomic E-state index is 6.20. The molecule has 0 aliphatic rings. The van der Waals surface area contributed by atoms with Crippen molar-refractivity contribution < 1.29 is 0 Å². The average Bonchev–Trinajstić information content (AvgIpc) is 2.43. The quantitative estimate of drug-likeness (QED) is 0.914. The van der Waals surface area contributed by atoms with Gasteiger partial charge in [-0.25, -0.2) is 9.97 Å². The molecule has 0 spiro atoms. The first-order chi connectivity index (χ1) is 9.20. The average molecular weight is 296 g/mol. The van der Waals surface area contributed by atoms with Gasteiger partial charge < -0.3 is 5.32 Å². The number of likely N-dealkylation sites (N-methyl/N-ethyl adjacent to an activating group) is 1. The van der Waals surface area contributed by atoms with Crippen LogP contribution in [-0.4, -0.2) is 16.5 Å². The number of aromatic nitrogens is 2. The summed E-state index contributed by atoms with van der Waals surface area (Å²) >= 11 is 12.2. The number of rotatable bonds is 5. The van der Waals surface area contributed by atoms with E-state index in [2.05, 4.69) is 22.2 Å². The highest BCUT2D eigenvalue weighted by Crippen LogP contribution is 2.25. The molecule has 0 saturated heterocycles. The van der Waals surface area contributed by atoms with Gasteiger partial charge in [0.1, 0.15) is 5.82 Å². The lowest BCUT2D eigenvalue weighted by molar-refractivity contribution is 0.521. The molecule has 0 amide bonds. The molecule has 2 rings (SSSR count). The van der Waals surface area contributed by atoms with Crippen LogP contribution in [0.2, 0.25) is 10.0 Å². The van der Waals surface area contributed by atoms with Crippen molar-refractivity contribution in [2.45, 2.75) is 19.4 Å². The molecule has 0 saturated carbocycles. The Morgan fingerprint density at radius 1 is 1.21 bits per heavy atom. The van der Waals surface area contributed by atoms with Gasteiger partial charge in [-0.2, -0.15) is 0 Å². The molecule has 1 aromatic heterocycles. The van der Waals surface area contributed by atoms with Gasteiger partial charge in [0.15, 0.2) is 0 Å². The van der Waals surface area contributed by atoms with E-state index in [0.717, 1.165) is 17.9 Å². The molecule has 1 aromatic carbocycles. The maximum Gasteiger partial charge on any atom is 0.145 e. The summed E-state index contributed by atoms with van der Waals surface area (Å²) in [6.07, 6.45) is 4.19. The first-order valence-electron chi connectivity index (χ1n) is 6.15. The Morgan fingerprint density at radius 3 is 2.63 bits per heavy atom. The van der Waals surface area contributed by atoms with Crippen molar-refractivity contribution in [2.75, 3.05) is 6.54 Å². The summed E-state index contributed by atoms with van der Waals surface area (Å²) in [6, 6.07) is 7.32. The van der Waals surface area contributed by atoms with Crippen LogP contribution in [0.5, 0.6) is 0 Å². The Kier molecular flexibility index (Phi) is 5.14. The molecule has 100 valence electrons. The van der Waals surface area contributed by atoms with E-state index in [1.165, 1.54) is 0 Å². The molecule has 0 aliphatic carbocycles. The van der Waals surface area contributed by atoms with Gasteiger partial charge in [-0.05, 0) is 42.8 Å². The SMILES string of the molecule is CCNC(Cc1cc(Cl)ccc1Cl)c1ncccn1. The van der Waals surface area contributed by atoms with Gasteiger partial charge in [0.05, 0.1) is 6.04 Å². The van der Waals surface area contributed by atoms with E-state index in [1.54, 1.807) is 24.5 Å². The van der Waals surface area contributed by atoms with Crippen LogP contribution >= 0.6 is 23.2 Å². The molecule has 1 N–H and O–H groups in total. The molecule has 5 heteroatoms. The number of benzene rings is 1. The van der Waals surface area contributed by atoms with Crippen molar-refractivity contribution >= 4 is 23.2 Å². The van der Waals surface area contributed by atoms with E-state index < -0.39 is 0 Å². The summed E-state index contributed by atoms with van der Waals surface area (Å²) in [5, 5.41) is 4.76. The second kappa shape index (κ2) is 6.85. The zero-order valence-electron chi connectivity index (χ0n) is 10.6. The molecule has 0 fully saturated rings. The van der Waals surface area contributed by atoms with Gasteiger partial charge in [-0.3, -0.25) is 0 Å².